The van der Waals surface area contributed by atoms with Gasteiger partial charge in [0, 0.05) is 31.7 Å². The molecule has 0 spiro atoms. The second kappa shape index (κ2) is 6.34. The summed E-state index contributed by atoms with van der Waals surface area (Å²) in [5.74, 6) is 0.850. The Morgan fingerprint density at radius 3 is 3.00 bits per heavy atom. The molecule has 0 aliphatic carbocycles. The van der Waals surface area contributed by atoms with Crippen molar-refractivity contribution in [2.24, 2.45) is 0 Å². The van der Waals surface area contributed by atoms with E-state index in [0.29, 0.717) is 0 Å². The fourth-order valence-electron chi connectivity index (χ4n) is 1.49. The Morgan fingerprint density at radius 2 is 2.24 bits per heavy atom. The van der Waals surface area contributed by atoms with Gasteiger partial charge in [0.15, 0.2) is 0 Å². The molecule has 0 unspecified atom stereocenters. The summed E-state index contributed by atoms with van der Waals surface area (Å²) >= 11 is 3.40. The minimum Gasteiger partial charge on any atom is -0.369 e. The number of rotatable bonds is 6. The molecule has 2 heterocycles. The van der Waals surface area contributed by atoms with Crippen LogP contribution in [-0.4, -0.2) is 26.1 Å². The number of imidazole rings is 1. The number of aromatic nitrogens is 4. The first-order valence-electron chi connectivity index (χ1n) is 5.51. The van der Waals surface area contributed by atoms with Crippen LogP contribution in [0.3, 0.4) is 0 Å². The van der Waals surface area contributed by atoms with Gasteiger partial charge in [0.2, 0.25) is 0 Å². The molecule has 0 radical (unpaired) electrons. The number of anilines is 1. The summed E-state index contributed by atoms with van der Waals surface area (Å²) in [6, 6.07) is 0. The fraction of sp³-hybridized carbons (Fsp3) is 0.364. The smallest absolute Gasteiger partial charge is 0.143 e. The van der Waals surface area contributed by atoms with Crippen LogP contribution in [0.2, 0.25) is 0 Å². The third kappa shape index (κ3) is 3.81. The zero-order valence-corrected chi connectivity index (χ0v) is 11.0. The van der Waals surface area contributed by atoms with Gasteiger partial charge in [-0.2, -0.15) is 0 Å². The molecule has 0 fully saturated rings. The predicted octanol–water partition coefficient (Wildman–Crippen LogP) is 2.33. The van der Waals surface area contributed by atoms with Gasteiger partial charge in [-0.15, -0.1) is 0 Å². The number of nitrogens with zero attached hydrogens (tertiary/aromatic N) is 4. The molecule has 0 amide bonds. The van der Waals surface area contributed by atoms with E-state index >= 15 is 0 Å². The number of halogens is 1. The first-order chi connectivity index (χ1) is 8.36. The Hall–Kier alpha value is -1.43. The molecule has 0 aliphatic heterocycles. The van der Waals surface area contributed by atoms with Crippen LogP contribution in [0.5, 0.6) is 0 Å². The quantitative estimate of drug-likeness (QED) is 0.831. The van der Waals surface area contributed by atoms with Crippen LogP contribution in [-0.2, 0) is 6.54 Å². The maximum atomic E-state index is 4.14. The molecule has 2 aromatic rings. The van der Waals surface area contributed by atoms with E-state index in [1.54, 1.807) is 18.7 Å². The summed E-state index contributed by atoms with van der Waals surface area (Å²) < 4.78 is 2.98. The van der Waals surface area contributed by atoms with E-state index in [1.165, 1.54) is 0 Å². The summed E-state index contributed by atoms with van der Waals surface area (Å²) in [6.07, 6.45) is 11.1. The van der Waals surface area contributed by atoms with Crippen molar-refractivity contribution in [1.29, 1.82) is 0 Å². The summed E-state index contributed by atoms with van der Waals surface area (Å²) in [5.41, 5.74) is 0. The molecule has 5 nitrogen and oxygen atoms in total. The number of hydrogen-bond donors (Lipinski definition) is 1. The van der Waals surface area contributed by atoms with E-state index in [2.05, 4.69) is 40.8 Å². The number of hydrogen-bond acceptors (Lipinski definition) is 4. The SMILES string of the molecule is Brc1cncnc1NCCCCn1ccnc1. The molecule has 90 valence electrons. The van der Waals surface area contributed by atoms with Crippen molar-refractivity contribution in [3.05, 3.63) is 35.7 Å². The van der Waals surface area contributed by atoms with Gasteiger partial charge in [-0.3, -0.25) is 0 Å². The van der Waals surface area contributed by atoms with Crippen molar-refractivity contribution in [3.8, 4) is 0 Å². The Labute approximate surface area is 108 Å². The van der Waals surface area contributed by atoms with Crippen molar-refractivity contribution in [2.45, 2.75) is 19.4 Å². The van der Waals surface area contributed by atoms with Crippen LogP contribution < -0.4 is 5.32 Å². The van der Waals surface area contributed by atoms with E-state index in [0.717, 1.165) is 36.2 Å². The average molecular weight is 296 g/mol. The maximum absolute atomic E-state index is 4.14. The zero-order valence-electron chi connectivity index (χ0n) is 9.38. The third-order valence-corrected chi connectivity index (χ3v) is 2.94. The molecule has 6 heteroatoms. The van der Waals surface area contributed by atoms with Crippen LogP contribution >= 0.6 is 15.9 Å². The van der Waals surface area contributed by atoms with Crippen molar-refractivity contribution >= 4 is 21.7 Å². The summed E-state index contributed by atoms with van der Waals surface area (Å²) in [4.78, 5) is 12.1. The van der Waals surface area contributed by atoms with Gasteiger partial charge in [0.25, 0.3) is 0 Å². The molecule has 0 aliphatic rings. The van der Waals surface area contributed by atoms with Gasteiger partial charge >= 0.3 is 0 Å². The maximum Gasteiger partial charge on any atom is 0.143 e. The molecule has 2 aromatic heterocycles. The largest absolute Gasteiger partial charge is 0.369 e. The Balaban J connectivity index is 1.65. The van der Waals surface area contributed by atoms with Crippen molar-refractivity contribution < 1.29 is 0 Å². The highest BCUT2D eigenvalue weighted by Gasteiger charge is 1.98. The normalized spacial score (nSPS) is 10.4. The number of unbranched alkanes of at least 4 members (excludes halogenated alkanes) is 1. The van der Waals surface area contributed by atoms with Crippen LogP contribution in [0.25, 0.3) is 0 Å². The summed E-state index contributed by atoms with van der Waals surface area (Å²) in [5, 5.41) is 3.27. The standard InChI is InChI=1S/C11H14BrN5/c12-10-7-14-8-16-11(10)15-3-1-2-5-17-6-4-13-9-17/h4,6-9H,1-3,5H2,(H,14,15,16). The predicted molar refractivity (Wildman–Crippen MR) is 69.7 cm³/mol. The Morgan fingerprint density at radius 1 is 1.29 bits per heavy atom. The van der Waals surface area contributed by atoms with E-state index in [4.69, 9.17) is 0 Å². The fourth-order valence-corrected chi connectivity index (χ4v) is 1.85. The van der Waals surface area contributed by atoms with Gasteiger partial charge in [-0.1, -0.05) is 0 Å². The highest BCUT2D eigenvalue weighted by atomic mass is 79.9. The van der Waals surface area contributed by atoms with E-state index < -0.39 is 0 Å². The molecular formula is C11H14BrN5. The van der Waals surface area contributed by atoms with E-state index in [9.17, 15) is 0 Å². The topological polar surface area (TPSA) is 55.6 Å². The van der Waals surface area contributed by atoms with Crippen molar-refractivity contribution in [2.75, 3.05) is 11.9 Å². The summed E-state index contributed by atoms with van der Waals surface area (Å²) in [7, 11) is 0. The van der Waals surface area contributed by atoms with Gasteiger partial charge in [0.1, 0.15) is 12.1 Å². The molecule has 1 N–H and O–H groups in total. The Kier molecular flexibility index (Phi) is 4.49. The minimum absolute atomic E-state index is 0.850. The lowest BCUT2D eigenvalue weighted by molar-refractivity contribution is 0.620. The van der Waals surface area contributed by atoms with E-state index in [1.807, 2.05) is 12.5 Å². The molecular weight excluding hydrogens is 282 g/mol. The number of nitrogens with one attached hydrogen (secondary N) is 1. The van der Waals surface area contributed by atoms with Crippen LogP contribution in [0.4, 0.5) is 5.82 Å². The first kappa shape index (κ1) is 12.0. The van der Waals surface area contributed by atoms with Gasteiger partial charge in [-0.25, -0.2) is 15.0 Å². The minimum atomic E-state index is 0.850. The highest BCUT2D eigenvalue weighted by molar-refractivity contribution is 9.10. The second-order valence-corrected chi connectivity index (χ2v) is 4.51. The van der Waals surface area contributed by atoms with E-state index in [-0.39, 0.29) is 0 Å². The summed E-state index contributed by atoms with van der Waals surface area (Å²) in [6.45, 7) is 1.91. The first-order valence-corrected chi connectivity index (χ1v) is 6.30. The molecule has 0 aromatic carbocycles. The van der Waals surface area contributed by atoms with Crippen molar-refractivity contribution in [1.82, 2.24) is 19.5 Å². The van der Waals surface area contributed by atoms with Gasteiger partial charge < -0.3 is 9.88 Å². The lowest BCUT2D eigenvalue weighted by Crippen LogP contribution is -2.05. The van der Waals surface area contributed by atoms with Crippen LogP contribution in [0, 0.1) is 0 Å². The molecule has 17 heavy (non-hydrogen) atoms. The van der Waals surface area contributed by atoms with Crippen LogP contribution in [0.1, 0.15) is 12.8 Å². The lowest BCUT2D eigenvalue weighted by Gasteiger charge is -2.06. The third-order valence-electron chi connectivity index (χ3n) is 2.36. The highest BCUT2D eigenvalue weighted by Crippen LogP contribution is 2.16. The van der Waals surface area contributed by atoms with Gasteiger partial charge in [0.05, 0.1) is 10.8 Å². The molecule has 0 atom stereocenters. The molecule has 0 saturated heterocycles. The molecule has 2 rings (SSSR count). The zero-order chi connectivity index (χ0) is 11.9. The number of aryl methyl sites for hydroxylation is 1. The van der Waals surface area contributed by atoms with Gasteiger partial charge in [-0.05, 0) is 28.8 Å². The van der Waals surface area contributed by atoms with Crippen LogP contribution in [0.15, 0.2) is 35.7 Å². The monoisotopic (exact) mass is 295 g/mol. The van der Waals surface area contributed by atoms with Crippen molar-refractivity contribution in [3.63, 3.8) is 0 Å². The Bertz CT molecular complexity index is 443. The molecule has 0 saturated carbocycles. The lowest BCUT2D eigenvalue weighted by atomic mass is 10.3. The second-order valence-electron chi connectivity index (χ2n) is 3.65. The average Bonchev–Trinajstić information content (AvgIpc) is 2.84. The molecule has 0 bridgehead atoms.